The molecule has 2 aromatic carbocycles. The van der Waals surface area contributed by atoms with Crippen molar-refractivity contribution in [3.8, 4) is 5.75 Å². The van der Waals surface area contributed by atoms with E-state index in [0.29, 0.717) is 32.6 Å². The molecule has 194 valence electrons. The molecular weight excluding hydrogens is 500 g/mol. The second kappa shape index (κ2) is 11.3. The number of piperazine rings is 1. The third-order valence-electron chi connectivity index (χ3n) is 6.09. The van der Waals surface area contributed by atoms with Crippen LogP contribution in [0.5, 0.6) is 5.75 Å². The summed E-state index contributed by atoms with van der Waals surface area (Å²) in [7, 11) is 3.10. The van der Waals surface area contributed by atoms with E-state index in [-0.39, 0.29) is 35.6 Å². The number of ether oxygens (including phenoxy) is 1. The van der Waals surface area contributed by atoms with E-state index in [1.165, 1.54) is 25.3 Å². The van der Waals surface area contributed by atoms with Gasteiger partial charge in [-0.25, -0.2) is 4.39 Å². The van der Waals surface area contributed by atoms with Crippen LogP contribution in [0.25, 0.3) is 0 Å². The smallest absolute Gasteiger partial charge is 0.416 e. The summed E-state index contributed by atoms with van der Waals surface area (Å²) in [6.07, 6.45) is -0.478. The highest BCUT2D eigenvalue weighted by Crippen LogP contribution is 2.33. The highest BCUT2D eigenvalue weighted by molar-refractivity contribution is 5.95. The number of nitrogens with zero attached hydrogens (tertiary/aromatic N) is 4. The molecule has 11 heteroatoms. The number of carbonyl (C=O) groups excluding carboxylic acids is 1. The van der Waals surface area contributed by atoms with Gasteiger partial charge in [0.25, 0.3) is 5.91 Å². The van der Waals surface area contributed by atoms with Gasteiger partial charge in [0.15, 0.2) is 0 Å². The molecule has 1 aliphatic rings. The molecule has 1 aromatic heterocycles. The Morgan fingerprint density at radius 3 is 2.44 bits per heavy atom. The number of alkyl halides is 3. The molecule has 0 unspecified atom stereocenters. The Bertz CT molecular complexity index is 1180. The van der Waals surface area contributed by atoms with Crippen molar-refractivity contribution in [2.24, 2.45) is 7.05 Å². The van der Waals surface area contributed by atoms with E-state index in [1.807, 2.05) is 13.2 Å². The number of carbonyl (C=O) groups is 1. The third kappa shape index (κ3) is 6.55. The van der Waals surface area contributed by atoms with Gasteiger partial charge in [-0.3, -0.25) is 14.4 Å². The molecule has 1 aliphatic heterocycles. The number of hydrogen-bond acceptors (Lipinski definition) is 4. The number of rotatable bonds is 6. The largest absolute Gasteiger partial charge is 0.497 e. The Morgan fingerprint density at radius 2 is 1.83 bits per heavy atom. The van der Waals surface area contributed by atoms with Crippen LogP contribution < -0.4 is 4.74 Å². The van der Waals surface area contributed by atoms with Gasteiger partial charge in [0.2, 0.25) is 0 Å². The zero-order valence-corrected chi connectivity index (χ0v) is 20.7. The van der Waals surface area contributed by atoms with Crippen LogP contribution in [0.3, 0.4) is 0 Å². The van der Waals surface area contributed by atoms with Gasteiger partial charge in [-0.2, -0.15) is 18.3 Å². The Hall–Kier alpha value is -3.11. The molecule has 6 nitrogen and oxygen atoms in total. The van der Waals surface area contributed by atoms with E-state index in [1.54, 1.807) is 27.9 Å². The van der Waals surface area contributed by atoms with Crippen LogP contribution in [0.4, 0.5) is 17.6 Å². The molecule has 0 saturated carbocycles. The summed E-state index contributed by atoms with van der Waals surface area (Å²) < 4.78 is 60.4. The Morgan fingerprint density at radius 1 is 1.11 bits per heavy atom. The van der Waals surface area contributed by atoms with Crippen molar-refractivity contribution in [1.29, 1.82) is 0 Å². The summed E-state index contributed by atoms with van der Waals surface area (Å²) in [6, 6.07) is 8.77. The van der Waals surface area contributed by atoms with Crippen molar-refractivity contribution in [3.05, 3.63) is 82.9 Å². The third-order valence-corrected chi connectivity index (χ3v) is 6.09. The molecule has 0 radical (unpaired) electrons. The van der Waals surface area contributed by atoms with Crippen LogP contribution in [0.2, 0.25) is 0 Å². The predicted molar refractivity (Wildman–Crippen MR) is 129 cm³/mol. The molecule has 0 aliphatic carbocycles. The second-order valence-corrected chi connectivity index (χ2v) is 8.69. The summed E-state index contributed by atoms with van der Waals surface area (Å²) in [5.74, 6) is -0.893. The molecule has 4 rings (SSSR count). The quantitative estimate of drug-likeness (QED) is 0.441. The van der Waals surface area contributed by atoms with Gasteiger partial charge in [0.05, 0.1) is 18.9 Å². The standard InChI is InChI=1S/C25H26F4N4O2.ClH/c1-31-14-18(13-30-31)15-32-7-8-33(22(16-32)9-17-3-5-21(26)6-4-17)24(34)19-10-20(25(27,28)29)12-23(11-19)35-2;/h3-6,10-14,22H,7-9,15-16H2,1-2H3;1H/t22-;/m1./s1. The molecule has 0 bridgehead atoms. The Labute approximate surface area is 212 Å². The normalized spacial score (nSPS) is 16.5. The first-order valence-electron chi connectivity index (χ1n) is 11.1. The summed E-state index contributed by atoms with van der Waals surface area (Å²) in [5.41, 5.74) is 0.835. The van der Waals surface area contributed by atoms with Gasteiger partial charge in [-0.1, -0.05) is 12.1 Å². The number of aryl methyl sites for hydroxylation is 1. The van der Waals surface area contributed by atoms with E-state index >= 15 is 0 Å². The number of methoxy groups -OCH3 is 1. The number of aromatic nitrogens is 2. The summed E-state index contributed by atoms with van der Waals surface area (Å²) >= 11 is 0. The van der Waals surface area contributed by atoms with Crippen LogP contribution >= 0.6 is 12.4 Å². The lowest BCUT2D eigenvalue weighted by Crippen LogP contribution is -2.55. The van der Waals surface area contributed by atoms with E-state index in [0.717, 1.165) is 23.3 Å². The Kier molecular flexibility index (Phi) is 8.63. The first-order valence-corrected chi connectivity index (χ1v) is 11.1. The summed E-state index contributed by atoms with van der Waals surface area (Å²) in [5, 5.41) is 4.19. The van der Waals surface area contributed by atoms with E-state index in [2.05, 4.69) is 10.00 Å². The highest BCUT2D eigenvalue weighted by Gasteiger charge is 2.35. The molecule has 2 heterocycles. The topological polar surface area (TPSA) is 50.6 Å². The van der Waals surface area contributed by atoms with Crippen molar-refractivity contribution in [1.82, 2.24) is 19.6 Å². The molecule has 0 spiro atoms. The maximum absolute atomic E-state index is 13.5. The molecule has 3 aromatic rings. The van der Waals surface area contributed by atoms with E-state index in [9.17, 15) is 22.4 Å². The molecular formula is C25H27ClF4N4O2. The maximum atomic E-state index is 13.5. The van der Waals surface area contributed by atoms with E-state index in [4.69, 9.17) is 4.74 Å². The minimum Gasteiger partial charge on any atom is -0.497 e. The SMILES string of the molecule is COc1cc(C(=O)N2CCN(Cc3cnn(C)c3)C[C@H]2Cc2ccc(F)cc2)cc(C(F)(F)F)c1.Cl. The van der Waals surface area contributed by atoms with Crippen LogP contribution in [0.1, 0.15) is 27.0 Å². The molecule has 1 saturated heterocycles. The lowest BCUT2D eigenvalue weighted by molar-refractivity contribution is -0.137. The molecule has 0 N–H and O–H groups in total. The zero-order chi connectivity index (χ0) is 25.2. The van der Waals surface area contributed by atoms with Crippen molar-refractivity contribution in [3.63, 3.8) is 0 Å². The first kappa shape index (κ1) is 27.5. The average Bonchev–Trinajstić information content (AvgIpc) is 3.23. The van der Waals surface area contributed by atoms with Crippen LogP contribution in [0.15, 0.2) is 54.9 Å². The molecule has 1 atom stereocenters. The van der Waals surface area contributed by atoms with Gasteiger partial charge >= 0.3 is 6.18 Å². The fourth-order valence-corrected chi connectivity index (χ4v) is 4.38. The van der Waals surface area contributed by atoms with Crippen molar-refractivity contribution < 1.29 is 27.1 Å². The summed E-state index contributed by atoms with van der Waals surface area (Å²) in [4.78, 5) is 17.3. The predicted octanol–water partition coefficient (Wildman–Crippen LogP) is 4.58. The van der Waals surface area contributed by atoms with Gasteiger partial charge in [0.1, 0.15) is 11.6 Å². The van der Waals surface area contributed by atoms with Gasteiger partial charge < -0.3 is 9.64 Å². The van der Waals surface area contributed by atoms with Crippen LogP contribution in [0, 0.1) is 5.82 Å². The average molecular weight is 527 g/mol. The monoisotopic (exact) mass is 526 g/mol. The minimum atomic E-state index is -4.61. The van der Waals surface area contributed by atoms with E-state index < -0.39 is 17.6 Å². The number of benzene rings is 2. The Balaban J connectivity index is 0.00000361. The number of hydrogen-bond donors (Lipinski definition) is 0. The fraction of sp³-hybridized carbons (Fsp3) is 0.360. The second-order valence-electron chi connectivity index (χ2n) is 8.69. The van der Waals surface area contributed by atoms with Gasteiger partial charge in [-0.15, -0.1) is 12.4 Å². The minimum absolute atomic E-state index is 0. The molecule has 1 amide bonds. The molecule has 36 heavy (non-hydrogen) atoms. The molecule has 1 fully saturated rings. The van der Waals surface area contributed by atoms with Gasteiger partial charge in [0, 0.05) is 56.6 Å². The zero-order valence-electron chi connectivity index (χ0n) is 19.8. The van der Waals surface area contributed by atoms with Crippen molar-refractivity contribution in [2.45, 2.75) is 25.2 Å². The van der Waals surface area contributed by atoms with Gasteiger partial charge in [-0.05, 0) is 42.3 Å². The first-order chi connectivity index (χ1) is 16.6. The van der Waals surface area contributed by atoms with Crippen molar-refractivity contribution >= 4 is 18.3 Å². The lowest BCUT2D eigenvalue weighted by Gasteiger charge is -2.41. The summed E-state index contributed by atoms with van der Waals surface area (Å²) in [6.45, 7) is 2.03. The number of amides is 1. The van der Waals surface area contributed by atoms with Crippen LogP contribution in [-0.2, 0) is 26.2 Å². The fourth-order valence-electron chi connectivity index (χ4n) is 4.38. The van der Waals surface area contributed by atoms with Crippen LogP contribution in [-0.4, -0.2) is 58.3 Å². The lowest BCUT2D eigenvalue weighted by atomic mass is 10.00. The maximum Gasteiger partial charge on any atom is 0.416 e. The van der Waals surface area contributed by atoms with Crippen molar-refractivity contribution in [2.75, 3.05) is 26.7 Å². The number of halogens is 5. The highest BCUT2D eigenvalue weighted by atomic mass is 35.5.